The van der Waals surface area contributed by atoms with Gasteiger partial charge in [-0.3, -0.25) is 0 Å². The first-order valence-electron chi connectivity index (χ1n) is 6.17. The van der Waals surface area contributed by atoms with E-state index < -0.39 is 23.6 Å². The van der Waals surface area contributed by atoms with Crippen LogP contribution in [-0.4, -0.2) is 0 Å². The van der Waals surface area contributed by atoms with Crippen molar-refractivity contribution < 1.29 is 17.6 Å². The van der Waals surface area contributed by atoms with Gasteiger partial charge in [-0.2, -0.15) is 13.2 Å². The van der Waals surface area contributed by atoms with Crippen LogP contribution in [0.3, 0.4) is 0 Å². The Kier molecular flexibility index (Phi) is 4.42. The number of rotatable bonds is 3. The van der Waals surface area contributed by atoms with Crippen LogP contribution in [0.2, 0.25) is 5.02 Å². The zero-order valence-corrected chi connectivity index (χ0v) is 11.8. The van der Waals surface area contributed by atoms with Gasteiger partial charge in [-0.05, 0) is 30.7 Å². The standard InChI is InChI=1S/C15H12ClF4N/c1-9(21-14-12(16)7-4-8-13(14)17)10-5-2-3-6-11(10)15(18,19)20/h2-9,21H,1H3. The van der Waals surface area contributed by atoms with Crippen LogP contribution in [0.4, 0.5) is 23.2 Å². The molecule has 2 aromatic carbocycles. The Balaban J connectivity index is 2.36. The summed E-state index contributed by atoms with van der Waals surface area (Å²) in [6.45, 7) is 1.52. The SMILES string of the molecule is CC(Nc1c(F)cccc1Cl)c1ccccc1C(F)(F)F. The monoisotopic (exact) mass is 317 g/mol. The normalized spacial score (nSPS) is 13.0. The quantitative estimate of drug-likeness (QED) is 0.719. The van der Waals surface area contributed by atoms with E-state index in [2.05, 4.69) is 5.32 Å². The van der Waals surface area contributed by atoms with Crippen LogP contribution in [0, 0.1) is 5.82 Å². The van der Waals surface area contributed by atoms with Crippen molar-refractivity contribution in [1.82, 2.24) is 0 Å². The molecule has 0 aliphatic heterocycles. The van der Waals surface area contributed by atoms with Gasteiger partial charge in [-0.25, -0.2) is 4.39 Å². The first kappa shape index (κ1) is 15.6. The Hall–Kier alpha value is -1.75. The fraction of sp³-hybridized carbons (Fsp3) is 0.200. The molecule has 0 aliphatic carbocycles. The van der Waals surface area contributed by atoms with Crippen molar-refractivity contribution in [3.63, 3.8) is 0 Å². The molecule has 0 aliphatic rings. The van der Waals surface area contributed by atoms with Gasteiger partial charge in [0.25, 0.3) is 0 Å². The average Bonchev–Trinajstić information content (AvgIpc) is 2.42. The lowest BCUT2D eigenvalue weighted by Gasteiger charge is -2.21. The molecule has 0 fully saturated rings. The van der Waals surface area contributed by atoms with Crippen molar-refractivity contribution in [2.45, 2.75) is 19.1 Å². The fourth-order valence-corrected chi connectivity index (χ4v) is 2.28. The van der Waals surface area contributed by atoms with Gasteiger partial charge in [0.15, 0.2) is 0 Å². The molecule has 6 heteroatoms. The highest BCUT2D eigenvalue weighted by Gasteiger charge is 2.34. The lowest BCUT2D eigenvalue weighted by Crippen LogP contribution is -2.15. The molecule has 1 N–H and O–H groups in total. The summed E-state index contributed by atoms with van der Waals surface area (Å²) in [5.74, 6) is -0.612. The van der Waals surface area contributed by atoms with Crippen molar-refractivity contribution in [1.29, 1.82) is 0 Å². The summed E-state index contributed by atoms with van der Waals surface area (Å²) in [6, 6.07) is 8.51. The minimum absolute atomic E-state index is 0.0105. The molecule has 21 heavy (non-hydrogen) atoms. The third-order valence-electron chi connectivity index (χ3n) is 3.06. The summed E-state index contributed by atoms with van der Waals surface area (Å²) < 4.78 is 52.6. The molecule has 0 heterocycles. The molecule has 0 radical (unpaired) electrons. The van der Waals surface area contributed by atoms with Crippen molar-refractivity contribution in [3.8, 4) is 0 Å². The predicted octanol–water partition coefficient (Wildman–Crippen LogP) is 5.67. The molecule has 1 nitrogen and oxygen atoms in total. The lowest BCUT2D eigenvalue weighted by molar-refractivity contribution is -0.138. The number of nitrogens with one attached hydrogen (secondary N) is 1. The van der Waals surface area contributed by atoms with Gasteiger partial charge in [-0.15, -0.1) is 0 Å². The highest BCUT2D eigenvalue weighted by atomic mass is 35.5. The molecule has 0 amide bonds. The van der Waals surface area contributed by atoms with Gasteiger partial charge in [0.05, 0.1) is 16.3 Å². The zero-order valence-electron chi connectivity index (χ0n) is 11.0. The summed E-state index contributed by atoms with van der Waals surface area (Å²) in [4.78, 5) is 0. The number of hydrogen-bond donors (Lipinski definition) is 1. The second-order valence-electron chi connectivity index (χ2n) is 4.55. The third-order valence-corrected chi connectivity index (χ3v) is 3.37. The van der Waals surface area contributed by atoms with E-state index in [0.717, 1.165) is 6.07 Å². The van der Waals surface area contributed by atoms with Crippen LogP contribution in [0.25, 0.3) is 0 Å². The Morgan fingerprint density at radius 2 is 1.71 bits per heavy atom. The Morgan fingerprint density at radius 3 is 2.33 bits per heavy atom. The smallest absolute Gasteiger partial charge is 0.375 e. The second-order valence-corrected chi connectivity index (χ2v) is 4.95. The molecule has 2 aromatic rings. The Bertz CT molecular complexity index is 620. The molecule has 0 saturated heterocycles. The predicted molar refractivity (Wildman–Crippen MR) is 74.9 cm³/mol. The Morgan fingerprint density at radius 1 is 1.05 bits per heavy atom. The van der Waals surface area contributed by atoms with Gasteiger partial charge in [0, 0.05) is 6.04 Å². The van der Waals surface area contributed by atoms with Gasteiger partial charge in [0.1, 0.15) is 5.82 Å². The van der Waals surface area contributed by atoms with E-state index in [4.69, 9.17) is 11.6 Å². The first-order chi connectivity index (χ1) is 9.80. The molecular formula is C15H12ClF4N. The molecule has 0 saturated carbocycles. The minimum atomic E-state index is -4.47. The molecule has 1 unspecified atom stereocenters. The lowest BCUT2D eigenvalue weighted by atomic mass is 10.0. The van der Waals surface area contributed by atoms with Crippen LogP contribution in [-0.2, 0) is 6.18 Å². The van der Waals surface area contributed by atoms with Crippen LogP contribution in [0.15, 0.2) is 42.5 Å². The average molecular weight is 318 g/mol. The molecule has 0 aromatic heterocycles. The van der Waals surface area contributed by atoms with Crippen molar-refractivity contribution in [2.24, 2.45) is 0 Å². The summed E-state index contributed by atoms with van der Waals surface area (Å²) in [5.41, 5.74) is -0.731. The number of anilines is 1. The van der Waals surface area contributed by atoms with Gasteiger partial charge in [-0.1, -0.05) is 35.9 Å². The highest BCUT2D eigenvalue weighted by molar-refractivity contribution is 6.33. The summed E-state index contributed by atoms with van der Waals surface area (Å²) >= 11 is 5.87. The number of benzene rings is 2. The van der Waals surface area contributed by atoms with Crippen molar-refractivity contribution >= 4 is 17.3 Å². The molecule has 2 rings (SSSR count). The summed E-state index contributed by atoms with van der Waals surface area (Å²) in [7, 11) is 0. The number of hydrogen-bond acceptors (Lipinski definition) is 1. The maximum absolute atomic E-state index is 13.7. The fourth-order valence-electron chi connectivity index (χ4n) is 2.06. The van der Waals surface area contributed by atoms with Gasteiger partial charge in [0.2, 0.25) is 0 Å². The van der Waals surface area contributed by atoms with Crippen LogP contribution in [0.5, 0.6) is 0 Å². The number of para-hydroxylation sites is 1. The van der Waals surface area contributed by atoms with Crippen LogP contribution >= 0.6 is 11.6 Å². The van der Waals surface area contributed by atoms with Gasteiger partial charge >= 0.3 is 6.18 Å². The molecular weight excluding hydrogens is 306 g/mol. The summed E-state index contributed by atoms with van der Waals surface area (Å²) in [6.07, 6.45) is -4.47. The maximum atomic E-state index is 13.7. The summed E-state index contributed by atoms with van der Waals surface area (Å²) in [5, 5.41) is 2.82. The van der Waals surface area contributed by atoms with E-state index in [1.807, 2.05) is 0 Å². The molecule has 1 atom stereocenters. The molecule has 112 valence electrons. The topological polar surface area (TPSA) is 12.0 Å². The second kappa shape index (κ2) is 5.93. The van der Waals surface area contributed by atoms with Crippen molar-refractivity contribution in [3.05, 3.63) is 64.4 Å². The van der Waals surface area contributed by atoms with Crippen LogP contribution < -0.4 is 5.32 Å². The van der Waals surface area contributed by atoms with E-state index in [1.54, 1.807) is 0 Å². The first-order valence-corrected chi connectivity index (χ1v) is 6.55. The highest BCUT2D eigenvalue weighted by Crippen LogP contribution is 2.36. The van der Waals surface area contributed by atoms with E-state index in [-0.39, 0.29) is 16.3 Å². The zero-order chi connectivity index (χ0) is 15.6. The molecule has 0 bridgehead atoms. The largest absolute Gasteiger partial charge is 0.416 e. The van der Waals surface area contributed by atoms with Gasteiger partial charge < -0.3 is 5.32 Å². The van der Waals surface area contributed by atoms with E-state index in [9.17, 15) is 17.6 Å². The van der Waals surface area contributed by atoms with Crippen molar-refractivity contribution in [2.75, 3.05) is 5.32 Å². The number of halogens is 5. The van der Waals surface area contributed by atoms with E-state index in [1.165, 1.54) is 43.3 Å². The Labute approximate surface area is 124 Å². The minimum Gasteiger partial charge on any atom is -0.375 e. The molecule has 0 spiro atoms. The number of alkyl halides is 3. The maximum Gasteiger partial charge on any atom is 0.416 e. The van der Waals surface area contributed by atoms with Crippen LogP contribution in [0.1, 0.15) is 24.1 Å². The van der Waals surface area contributed by atoms with E-state index >= 15 is 0 Å². The van der Waals surface area contributed by atoms with E-state index in [0.29, 0.717) is 0 Å². The third kappa shape index (κ3) is 3.47.